The van der Waals surface area contributed by atoms with Crippen molar-refractivity contribution in [2.24, 2.45) is 11.7 Å². The summed E-state index contributed by atoms with van der Waals surface area (Å²) in [6.45, 7) is -2.78. The summed E-state index contributed by atoms with van der Waals surface area (Å²) in [5.74, 6) is 0.655. The normalized spacial score (nSPS) is 17.6. The molecular weight excluding hydrogens is 260 g/mol. The Morgan fingerprint density at radius 1 is 1.22 bits per heavy atom. The number of halogens is 3. The average molecular weight is 278 g/mol. The third-order valence-corrected chi connectivity index (χ3v) is 3.38. The van der Waals surface area contributed by atoms with E-state index in [0.717, 1.165) is 18.4 Å². The van der Waals surface area contributed by atoms with E-state index in [0.29, 0.717) is 5.92 Å². The molecule has 1 fully saturated rings. The summed E-state index contributed by atoms with van der Waals surface area (Å²) in [5, 5.41) is 0. The topological polar surface area (TPSA) is 35.2 Å². The monoisotopic (exact) mass is 277 g/mol. The fourth-order valence-corrected chi connectivity index (χ4v) is 2.49. The molecule has 1 atom stereocenters. The number of rotatable bonds is 4. The van der Waals surface area contributed by atoms with Gasteiger partial charge in [-0.3, -0.25) is 0 Å². The maximum atomic E-state index is 12.1. The number of nitrogens with two attached hydrogens (primary N) is 1. The highest BCUT2D eigenvalue weighted by Gasteiger charge is 2.23. The summed E-state index contributed by atoms with van der Waals surface area (Å²) in [7, 11) is 0. The minimum absolute atomic E-state index is 0. The van der Waals surface area contributed by atoms with Crippen molar-refractivity contribution in [2.45, 2.75) is 38.3 Å². The second kappa shape index (κ2) is 6.90. The molecule has 1 aliphatic carbocycles. The van der Waals surface area contributed by atoms with Gasteiger partial charge in [0.1, 0.15) is 5.75 Å². The summed E-state index contributed by atoms with van der Waals surface area (Å²) in [5.41, 5.74) is 7.04. The molecule has 0 bridgehead atoms. The molecule has 0 amide bonds. The summed E-state index contributed by atoms with van der Waals surface area (Å²) in [4.78, 5) is 0. The van der Waals surface area contributed by atoms with E-state index < -0.39 is 6.61 Å². The zero-order valence-electron chi connectivity index (χ0n) is 10.0. The molecule has 0 spiro atoms. The van der Waals surface area contributed by atoms with Crippen LogP contribution in [-0.2, 0) is 0 Å². The smallest absolute Gasteiger partial charge is 0.387 e. The van der Waals surface area contributed by atoms with E-state index in [9.17, 15) is 8.78 Å². The van der Waals surface area contributed by atoms with Crippen LogP contribution in [0.5, 0.6) is 5.75 Å². The lowest BCUT2D eigenvalue weighted by atomic mass is 9.92. The maximum absolute atomic E-state index is 12.1. The van der Waals surface area contributed by atoms with Crippen LogP contribution in [-0.4, -0.2) is 6.61 Å². The van der Waals surface area contributed by atoms with Gasteiger partial charge in [0.15, 0.2) is 0 Å². The minimum atomic E-state index is -2.78. The van der Waals surface area contributed by atoms with Crippen molar-refractivity contribution >= 4 is 12.4 Å². The highest BCUT2D eigenvalue weighted by molar-refractivity contribution is 5.85. The lowest BCUT2D eigenvalue weighted by Crippen LogP contribution is -2.19. The Morgan fingerprint density at radius 2 is 1.89 bits per heavy atom. The first kappa shape index (κ1) is 15.2. The highest BCUT2D eigenvalue weighted by Crippen LogP contribution is 2.35. The predicted molar refractivity (Wildman–Crippen MR) is 69.2 cm³/mol. The zero-order valence-corrected chi connectivity index (χ0v) is 10.8. The van der Waals surface area contributed by atoms with Crippen molar-refractivity contribution in [1.82, 2.24) is 0 Å². The van der Waals surface area contributed by atoms with Crippen LogP contribution in [0.25, 0.3) is 0 Å². The molecule has 1 aromatic rings. The van der Waals surface area contributed by atoms with Crippen LogP contribution < -0.4 is 10.5 Å². The molecule has 1 aromatic carbocycles. The summed E-state index contributed by atoms with van der Waals surface area (Å²) < 4.78 is 28.6. The van der Waals surface area contributed by atoms with Crippen molar-refractivity contribution in [3.05, 3.63) is 29.8 Å². The number of hydrogen-bond acceptors (Lipinski definition) is 2. The van der Waals surface area contributed by atoms with E-state index >= 15 is 0 Å². The Bertz CT molecular complexity index is 370. The molecule has 0 radical (unpaired) electrons. The molecule has 2 rings (SSSR count). The van der Waals surface area contributed by atoms with Gasteiger partial charge in [-0.15, -0.1) is 12.4 Å². The molecule has 1 saturated carbocycles. The van der Waals surface area contributed by atoms with Crippen LogP contribution in [0.15, 0.2) is 24.3 Å². The third kappa shape index (κ3) is 3.82. The molecule has 0 aliphatic heterocycles. The molecule has 0 aromatic heterocycles. The van der Waals surface area contributed by atoms with Crippen LogP contribution >= 0.6 is 12.4 Å². The van der Waals surface area contributed by atoms with Crippen molar-refractivity contribution in [1.29, 1.82) is 0 Å². The number of hydrogen-bond donors (Lipinski definition) is 1. The SMILES string of the molecule is Cl.N[C@H](c1cccc(OC(F)F)c1)C1CCCC1. The Balaban J connectivity index is 0.00000162. The van der Waals surface area contributed by atoms with Gasteiger partial charge in [-0.1, -0.05) is 25.0 Å². The van der Waals surface area contributed by atoms with E-state index in [1.165, 1.54) is 18.9 Å². The quantitative estimate of drug-likeness (QED) is 0.906. The molecule has 0 heterocycles. The van der Waals surface area contributed by atoms with Gasteiger partial charge in [0.05, 0.1) is 0 Å². The first-order chi connectivity index (χ1) is 8.16. The first-order valence-electron chi connectivity index (χ1n) is 5.97. The molecule has 102 valence electrons. The molecule has 0 unspecified atom stereocenters. The Morgan fingerprint density at radius 3 is 2.50 bits per heavy atom. The predicted octanol–water partition coefficient (Wildman–Crippen LogP) is 3.90. The summed E-state index contributed by atoms with van der Waals surface area (Å²) in [6.07, 6.45) is 4.68. The number of alkyl halides is 2. The largest absolute Gasteiger partial charge is 0.435 e. The minimum Gasteiger partial charge on any atom is -0.435 e. The van der Waals surface area contributed by atoms with Gasteiger partial charge in [-0.2, -0.15) is 8.78 Å². The van der Waals surface area contributed by atoms with Crippen molar-refractivity contribution < 1.29 is 13.5 Å². The van der Waals surface area contributed by atoms with E-state index in [-0.39, 0.29) is 24.2 Å². The van der Waals surface area contributed by atoms with Crippen molar-refractivity contribution in [3.63, 3.8) is 0 Å². The van der Waals surface area contributed by atoms with Crippen LogP contribution in [0.4, 0.5) is 8.78 Å². The van der Waals surface area contributed by atoms with E-state index in [1.807, 2.05) is 6.07 Å². The van der Waals surface area contributed by atoms with Gasteiger partial charge in [0.2, 0.25) is 0 Å². The number of benzene rings is 1. The summed E-state index contributed by atoms with van der Waals surface area (Å²) >= 11 is 0. The molecule has 18 heavy (non-hydrogen) atoms. The molecule has 2 N–H and O–H groups in total. The number of ether oxygens (including phenoxy) is 1. The van der Waals surface area contributed by atoms with Gasteiger partial charge in [0, 0.05) is 6.04 Å². The lowest BCUT2D eigenvalue weighted by Gasteiger charge is -2.19. The summed E-state index contributed by atoms with van der Waals surface area (Å²) in [6, 6.07) is 6.66. The molecule has 0 saturated heterocycles. The van der Waals surface area contributed by atoms with E-state index in [4.69, 9.17) is 5.73 Å². The van der Waals surface area contributed by atoms with Crippen molar-refractivity contribution in [3.8, 4) is 5.75 Å². The maximum Gasteiger partial charge on any atom is 0.387 e. The second-order valence-electron chi connectivity index (χ2n) is 4.52. The molecular formula is C13H18ClF2NO. The van der Waals surface area contributed by atoms with E-state index in [2.05, 4.69) is 4.74 Å². The molecule has 2 nitrogen and oxygen atoms in total. The van der Waals surface area contributed by atoms with E-state index in [1.54, 1.807) is 12.1 Å². The molecule has 5 heteroatoms. The van der Waals surface area contributed by atoms with Crippen LogP contribution in [0, 0.1) is 5.92 Å². The molecule has 1 aliphatic rings. The van der Waals surface area contributed by atoms with Gasteiger partial charge >= 0.3 is 6.61 Å². The third-order valence-electron chi connectivity index (χ3n) is 3.38. The average Bonchev–Trinajstić information content (AvgIpc) is 2.81. The van der Waals surface area contributed by atoms with Gasteiger partial charge in [-0.25, -0.2) is 0 Å². The van der Waals surface area contributed by atoms with Crippen LogP contribution in [0.2, 0.25) is 0 Å². The Kier molecular flexibility index (Phi) is 5.82. The fourth-order valence-electron chi connectivity index (χ4n) is 2.49. The Labute approximate surface area is 112 Å². The second-order valence-corrected chi connectivity index (χ2v) is 4.52. The zero-order chi connectivity index (χ0) is 12.3. The first-order valence-corrected chi connectivity index (χ1v) is 5.97. The fraction of sp³-hybridized carbons (Fsp3) is 0.538. The van der Waals surface area contributed by atoms with Gasteiger partial charge in [0.25, 0.3) is 0 Å². The van der Waals surface area contributed by atoms with Gasteiger partial charge < -0.3 is 10.5 Å². The van der Waals surface area contributed by atoms with Crippen LogP contribution in [0.3, 0.4) is 0 Å². The Hall–Kier alpha value is -0.870. The lowest BCUT2D eigenvalue weighted by molar-refractivity contribution is -0.0499. The highest BCUT2D eigenvalue weighted by atomic mass is 35.5. The van der Waals surface area contributed by atoms with Crippen molar-refractivity contribution in [2.75, 3.05) is 0 Å². The van der Waals surface area contributed by atoms with Crippen LogP contribution in [0.1, 0.15) is 37.3 Å². The standard InChI is InChI=1S/C13H17F2NO.ClH/c14-13(15)17-11-7-3-6-10(8-11)12(16)9-4-1-2-5-9;/h3,6-9,12-13H,1-2,4-5,16H2;1H/t12-;/m0./s1. The van der Waals surface area contributed by atoms with Gasteiger partial charge in [-0.05, 0) is 36.5 Å².